The molecule has 0 aromatic carbocycles. The Morgan fingerprint density at radius 1 is 1.27 bits per heavy atom. The first-order valence-electron chi connectivity index (χ1n) is 4.01. The fraction of sp³-hybridized carbons (Fsp3) is 0.333. The molecule has 0 aliphatic heterocycles. The van der Waals surface area contributed by atoms with Crippen LogP contribution in [0.1, 0.15) is 10.8 Å². The molecule has 1 aromatic heterocycles. The maximum absolute atomic E-state index is 11.4. The number of carbonyl (C=O) groups excluding carboxylic acids is 2. The molecule has 0 atom stereocenters. The molecule has 82 valence electrons. The lowest BCUT2D eigenvalue weighted by Gasteiger charge is -2.09. The van der Waals surface area contributed by atoms with Crippen molar-refractivity contribution >= 4 is 34.9 Å². The number of hydrogen-bond donors (Lipinski definition) is 0. The van der Waals surface area contributed by atoms with Crippen LogP contribution in [0.3, 0.4) is 0 Å². The summed E-state index contributed by atoms with van der Waals surface area (Å²) in [6, 6.07) is 3.21. The third-order valence-electron chi connectivity index (χ3n) is 1.75. The van der Waals surface area contributed by atoms with Crippen molar-refractivity contribution in [2.24, 2.45) is 0 Å². The van der Waals surface area contributed by atoms with Gasteiger partial charge >= 0.3 is 11.9 Å². The second-order valence-electron chi connectivity index (χ2n) is 2.62. The van der Waals surface area contributed by atoms with Crippen molar-refractivity contribution in [3.05, 3.63) is 21.3 Å². The Kier molecular flexibility index (Phi) is 4.11. The summed E-state index contributed by atoms with van der Waals surface area (Å²) in [4.78, 5) is 23.2. The van der Waals surface area contributed by atoms with Gasteiger partial charge in [-0.3, -0.25) is 9.59 Å². The Morgan fingerprint density at radius 2 is 1.80 bits per heavy atom. The summed E-state index contributed by atoms with van der Waals surface area (Å²) in [6.45, 7) is 0. The fourth-order valence-corrected chi connectivity index (χ4v) is 2.19. The van der Waals surface area contributed by atoms with E-state index in [1.54, 1.807) is 12.1 Å². The molecule has 0 saturated heterocycles. The van der Waals surface area contributed by atoms with E-state index in [1.807, 2.05) is 0 Å². The second kappa shape index (κ2) is 5.14. The molecule has 1 heterocycles. The maximum atomic E-state index is 11.4. The SMILES string of the molecule is COC(=O)C(C(=O)OC)c1ccc(Cl)s1. The molecule has 0 aliphatic rings. The second-order valence-corrected chi connectivity index (χ2v) is 4.37. The first kappa shape index (κ1) is 12.0. The highest BCUT2D eigenvalue weighted by Gasteiger charge is 2.31. The first-order chi connectivity index (χ1) is 7.10. The first-order valence-corrected chi connectivity index (χ1v) is 5.20. The minimum Gasteiger partial charge on any atom is -0.468 e. The number of methoxy groups -OCH3 is 2. The zero-order valence-electron chi connectivity index (χ0n) is 8.15. The fourth-order valence-electron chi connectivity index (χ4n) is 1.05. The Balaban J connectivity index is 3.01. The van der Waals surface area contributed by atoms with Crippen LogP contribution in [0, 0.1) is 0 Å². The molecule has 0 unspecified atom stereocenters. The summed E-state index contributed by atoms with van der Waals surface area (Å²) in [7, 11) is 2.43. The Bertz CT molecular complexity index is 358. The zero-order valence-corrected chi connectivity index (χ0v) is 9.72. The van der Waals surface area contributed by atoms with Gasteiger partial charge in [0.1, 0.15) is 0 Å². The van der Waals surface area contributed by atoms with Gasteiger partial charge in [0.25, 0.3) is 0 Å². The van der Waals surface area contributed by atoms with Crippen molar-refractivity contribution in [2.45, 2.75) is 5.92 Å². The highest BCUT2D eigenvalue weighted by atomic mass is 35.5. The number of hydrogen-bond acceptors (Lipinski definition) is 5. The van der Waals surface area contributed by atoms with Crippen LogP contribution in [0.4, 0.5) is 0 Å². The van der Waals surface area contributed by atoms with Gasteiger partial charge < -0.3 is 9.47 Å². The molecular formula is C9H9ClO4S. The lowest BCUT2D eigenvalue weighted by molar-refractivity contribution is -0.154. The highest BCUT2D eigenvalue weighted by molar-refractivity contribution is 7.16. The quantitative estimate of drug-likeness (QED) is 0.605. The number of esters is 2. The van der Waals surface area contributed by atoms with Gasteiger partial charge in [-0.1, -0.05) is 11.6 Å². The van der Waals surface area contributed by atoms with Gasteiger partial charge in [0, 0.05) is 4.88 Å². The monoisotopic (exact) mass is 248 g/mol. The summed E-state index contributed by atoms with van der Waals surface area (Å²) in [5, 5.41) is 0. The van der Waals surface area contributed by atoms with E-state index in [2.05, 4.69) is 9.47 Å². The van der Waals surface area contributed by atoms with Crippen LogP contribution in [0.15, 0.2) is 12.1 Å². The molecule has 1 aromatic rings. The number of carbonyl (C=O) groups is 2. The van der Waals surface area contributed by atoms with Gasteiger partial charge in [-0.2, -0.15) is 0 Å². The van der Waals surface area contributed by atoms with E-state index >= 15 is 0 Å². The smallest absolute Gasteiger partial charge is 0.325 e. The highest BCUT2D eigenvalue weighted by Crippen LogP contribution is 2.29. The van der Waals surface area contributed by atoms with Crippen LogP contribution in [0.2, 0.25) is 4.34 Å². The lowest BCUT2D eigenvalue weighted by Crippen LogP contribution is -2.23. The van der Waals surface area contributed by atoms with E-state index in [-0.39, 0.29) is 0 Å². The molecule has 1 rings (SSSR count). The Labute approximate surface area is 95.7 Å². The molecule has 0 fully saturated rings. The molecule has 0 N–H and O–H groups in total. The van der Waals surface area contributed by atoms with E-state index in [0.717, 1.165) is 11.3 Å². The van der Waals surface area contributed by atoms with Gasteiger partial charge in [0.05, 0.1) is 18.6 Å². The molecule has 0 aliphatic carbocycles. The van der Waals surface area contributed by atoms with Crippen LogP contribution in [-0.4, -0.2) is 26.2 Å². The number of ether oxygens (including phenoxy) is 2. The van der Waals surface area contributed by atoms with Crippen molar-refractivity contribution in [2.75, 3.05) is 14.2 Å². The van der Waals surface area contributed by atoms with E-state index < -0.39 is 17.9 Å². The normalized spacial score (nSPS) is 10.1. The maximum Gasteiger partial charge on any atom is 0.325 e. The van der Waals surface area contributed by atoms with E-state index in [1.165, 1.54) is 14.2 Å². The zero-order chi connectivity index (χ0) is 11.4. The molecule has 0 spiro atoms. The van der Waals surface area contributed by atoms with Crippen molar-refractivity contribution in [1.29, 1.82) is 0 Å². The molecule has 4 nitrogen and oxygen atoms in total. The summed E-state index contributed by atoms with van der Waals surface area (Å²) in [5.74, 6) is -2.35. The molecule has 0 saturated carbocycles. The van der Waals surface area contributed by atoms with Gasteiger partial charge in [-0.15, -0.1) is 11.3 Å². The average Bonchev–Trinajstić information content (AvgIpc) is 2.64. The topological polar surface area (TPSA) is 52.6 Å². The van der Waals surface area contributed by atoms with Gasteiger partial charge in [-0.05, 0) is 12.1 Å². The molecule has 6 heteroatoms. The molecule has 0 amide bonds. The molecule has 0 radical (unpaired) electrons. The van der Waals surface area contributed by atoms with Crippen molar-refractivity contribution in [1.82, 2.24) is 0 Å². The average molecular weight is 249 g/mol. The van der Waals surface area contributed by atoms with Crippen LogP contribution in [0.25, 0.3) is 0 Å². The third kappa shape index (κ3) is 2.70. The Hall–Kier alpha value is -1.07. The van der Waals surface area contributed by atoms with E-state index in [9.17, 15) is 9.59 Å². The number of thiophene rings is 1. The van der Waals surface area contributed by atoms with Crippen molar-refractivity contribution < 1.29 is 19.1 Å². The minimum atomic E-state index is -1.04. The predicted molar refractivity (Wildman–Crippen MR) is 56.1 cm³/mol. The Morgan fingerprint density at radius 3 is 2.13 bits per heavy atom. The van der Waals surface area contributed by atoms with Crippen molar-refractivity contribution in [3.8, 4) is 0 Å². The predicted octanol–water partition coefficient (Wildman–Crippen LogP) is 1.83. The molecule has 15 heavy (non-hydrogen) atoms. The minimum absolute atomic E-state index is 0.503. The third-order valence-corrected chi connectivity index (χ3v) is 3.05. The van der Waals surface area contributed by atoms with Gasteiger partial charge in [0.2, 0.25) is 0 Å². The number of rotatable bonds is 3. The molecular weight excluding hydrogens is 240 g/mol. The summed E-state index contributed by atoms with van der Waals surface area (Å²) in [6.07, 6.45) is 0. The van der Waals surface area contributed by atoms with Crippen molar-refractivity contribution in [3.63, 3.8) is 0 Å². The van der Waals surface area contributed by atoms with E-state index in [0.29, 0.717) is 9.21 Å². The molecule has 0 bridgehead atoms. The number of halogens is 1. The summed E-state index contributed by atoms with van der Waals surface area (Å²) in [5.41, 5.74) is 0. The standard InChI is InChI=1S/C9H9ClO4S/c1-13-8(11)7(9(12)14-2)5-3-4-6(10)15-5/h3-4,7H,1-2H3. The lowest BCUT2D eigenvalue weighted by atomic mass is 10.1. The van der Waals surface area contributed by atoms with Crippen LogP contribution < -0.4 is 0 Å². The van der Waals surface area contributed by atoms with Crippen LogP contribution in [-0.2, 0) is 19.1 Å². The van der Waals surface area contributed by atoms with Crippen LogP contribution >= 0.6 is 22.9 Å². The van der Waals surface area contributed by atoms with Gasteiger partial charge in [-0.25, -0.2) is 0 Å². The van der Waals surface area contributed by atoms with Gasteiger partial charge in [0.15, 0.2) is 5.92 Å². The largest absolute Gasteiger partial charge is 0.468 e. The summed E-state index contributed by atoms with van der Waals surface area (Å²) < 4.78 is 9.55. The summed E-state index contributed by atoms with van der Waals surface area (Å²) >= 11 is 6.86. The van der Waals surface area contributed by atoms with E-state index in [4.69, 9.17) is 11.6 Å². The van der Waals surface area contributed by atoms with Crippen LogP contribution in [0.5, 0.6) is 0 Å².